The molecule has 2 aliphatic rings. The Morgan fingerprint density at radius 3 is 2.21 bits per heavy atom. The molecule has 1 heterocycles. The molecule has 7 heteroatoms. The van der Waals surface area contributed by atoms with Crippen molar-refractivity contribution in [3.05, 3.63) is 35.6 Å². The molecule has 0 bridgehead atoms. The molecule has 24 heavy (non-hydrogen) atoms. The van der Waals surface area contributed by atoms with Gasteiger partial charge in [0.05, 0.1) is 5.92 Å². The highest BCUT2D eigenvalue weighted by Crippen LogP contribution is 2.29. The Labute approximate surface area is 146 Å². The zero-order valence-electron chi connectivity index (χ0n) is 13.3. The van der Waals surface area contributed by atoms with Crippen LogP contribution in [-0.4, -0.2) is 41.0 Å². The Hall–Kier alpha value is -1.66. The van der Waals surface area contributed by atoms with Crippen molar-refractivity contribution in [3.63, 3.8) is 0 Å². The summed E-state index contributed by atoms with van der Waals surface area (Å²) in [6, 6.07) is 5.76. The average molecular weight is 357 g/mol. The number of likely N-dealkylation sites (tertiary alicyclic amines) is 1. The lowest BCUT2D eigenvalue weighted by Crippen LogP contribution is -2.45. The topological polar surface area (TPSA) is 69.6 Å². The lowest BCUT2D eigenvalue weighted by atomic mass is 9.94. The van der Waals surface area contributed by atoms with Crippen molar-refractivity contribution in [3.8, 4) is 0 Å². The van der Waals surface area contributed by atoms with Crippen LogP contribution in [0, 0.1) is 11.7 Å². The predicted octanol–water partition coefficient (Wildman–Crippen LogP) is 2.36. The molecule has 2 N–H and O–H groups in total. The van der Waals surface area contributed by atoms with Crippen LogP contribution in [-0.2, 0) is 9.59 Å². The minimum atomic E-state index is -0.773. The maximum Gasteiger partial charge on any atom is 0.306 e. The molecule has 1 atom stereocenters. The average Bonchev–Trinajstić information content (AvgIpc) is 3.34. The number of nitrogens with zero attached hydrogens (tertiary/aromatic N) is 1. The minimum Gasteiger partial charge on any atom is -0.481 e. The highest BCUT2D eigenvalue weighted by molar-refractivity contribution is 5.85. The standard InChI is InChI=1S/C17H21FN2O3.ClH/c18-13-3-1-11(2-4-13)15(16(21)19-14-5-6-14)20-9-7-12(8-10-20)17(22)23;/h1-4,12,14-15H,5-10H2,(H,19,21)(H,22,23);1H. The minimum absolute atomic E-state index is 0. The summed E-state index contributed by atoms with van der Waals surface area (Å²) in [5.41, 5.74) is 0.748. The fraction of sp³-hybridized carbons (Fsp3) is 0.529. The van der Waals surface area contributed by atoms with E-state index in [-0.39, 0.29) is 36.1 Å². The van der Waals surface area contributed by atoms with Crippen LogP contribution in [0.15, 0.2) is 24.3 Å². The molecular weight excluding hydrogens is 335 g/mol. The molecule has 132 valence electrons. The fourth-order valence-corrected chi connectivity index (χ4v) is 3.09. The van der Waals surface area contributed by atoms with E-state index in [1.165, 1.54) is 12.1 Å². The second-order valence-electron chi connectivity index (χ2n) is 6.39. The van der Waals surface area contributed by atoms with Crippen LogP contribution >= 0.6 is 12.4 Å². The van der Waals surface area contributed by atoms with E-state index in [9.17, 15) is 14.0 Å². The number of hydrogen-bond acceptors (Lipinski definition) is 3. The van der Waals surface area contributed by atoms with Crippen molar-refractivity contribution in [2.45, 2.75) is 37.8 Å². The first-order chi connectivity index (χ1) is 11.0. The molecule has 0 radical (unpaired) electrons. The van der Waals surface area contributed by atoms with E-state index >= 15 is 0 Å². The molecule has 0 aromatic heterocycles. The molecule has 1 aliphatic carbocycles. The molecule has 1 aromatic rings. The number of carbonyl (C=O) groups excluding carboxylic acids is 1. The van der Waals surface area contributed by atoms with Crippen molar-refractivity contribution in [2.24, 2.45) is 5.92 Å². The van der Waals surface area contributed by atoms with Crippen LogP contribution in [0.4, 0.5) is 4.39 Å². The third kappa shape index (κ3) is 4.45. The fourth-order valence-electron chi connectivity index (χ4n) is 3.09. The van der Waals surface area contributed by atoms with Gasteiger partial charge in [0.2, 0.25) is 5.91 Å². The van der Waals surface area contributed by atoms with Gasteiger partial charge >= 0.3 is 5.97 Å². The summed E-state index contributed by atoms with van der Waals surface area (Å²) in [4.78, 5) is 25.7. The van der Waals surface area contributed by atoms with Crippen LogP contribution in [0.2, 0.25) is 0 Å². The number of halogens is 2. The van der Waals surface area contributed by atoms with Crippen molar-refractivity contribution in [1.29, 1.82) is 0 Å². The predicted molar refractivity (Wildman–Crippen MR) is 89.5 cm³/mol. The Morgan fingerprint density at radius 2 is 1.71 bits per heavy atom. The third-order valence-electron chi connectivity index (χ3n) is 4.60. The number of carboxylic acid groups (broad SMARTS) is 1. The number of aliphatic carboxylic acids is 1. The number of piperidine rings is 1. The van der Waals surface area contributed by atoms with Gasteiger partial charge in [-0.25, -0.2) is 4.39 Å². The molecular formula is C17H22ClFN2O3. The van der Waals surface area contributed by atoms with Gasteiger partial charge in [-0.15, -0.1) is 12.4 Å². The van der Waals surface area contributed by atoms with E-state index in [0.29, 0.717) is 25.9 Å². The van der Waals surface area contributed by atoms with Crippen LogP contribution in [0.25, 0.3) is 0 Å². The summed E-state index contributed by atoms with van der Waals surface area (Å²) >= 11 is 0. The molecule has 1 saturated carbocycles. The second-order valence-corrected chi connectivity index (χ2v) is 6.39. The smallest absolute Gasteiger partial charge is 0.306 e. The van der Waals surface area contributed by atoms with E-state index in [4.69, 9.17) is 5.11 Å². The van der Waals surface area contributed by atoms with Gasteiger partial charge < -0.3 is 10.4 Å². The van der Waals surface area contributed by atoms with Crippen molar-refractivity contribution in [2.75, 3.05) is 13.1 Å². The summed E-state index contributed by atoms with van der Waals surface area (Å²) in [6.07, 6.45) is 3.07. The molecule has 3 rings (SSSR count). The van der Waals surface area contributed by atoms with Gasteiger partial charge in [0.15, 0.2) is 0 Å². The van der Waals surface area contributed by atoms with Crippen molar-refractivity contribution >= 4 is 24.3 Å². The van der Waals surface area contributed by atoms with E-state index in [0.717, 1.165) is 18.4 Å². The van der Waals surface area contributed by atoms with E-state index in [1.54, 1.807) is 12.1 Å². The first-order valence-corrected chi connectivity index (χ1v) is 8.07. The lowest BCUT2D eigenvalue weighted by molar-refractivity contribution is -0.143. The number of hydrogen-bond donors (Lipinski definition) is 2. The highest BCUT2D eigenvalue weighted by Gasteiger charge is 2.35. The highest BCUT2D eigenvalue weighted by atomic mass is 35.5. The lowest BCUT2D eigenvalue weighted by Gasteiger charge is -2.36. The summed E-state index contributed by atoms with van der Waals surface area (Å²) in [5, 5.41) is 12.1. The van der Waals surface area contributed by atoms with Crippen LogP contribution in [0.3, 0.4) is 0 Å². The van der Waals surface area contributed by atoms with E-state index in [1.807, 2.05) is 4.90 Å². The Kier molecular flexibility index (Phi) is 6.18. The van der Waals surface area contributed by atoms with Gasteiger partial charge in [-0.1, -0.05) is 12.1 Å². The largest absolute Gasteiger partial charge is 0.481 e. The van der Waals surface area contributed by atoms with E-state index in [2.05, 4.69) is 5.32 Å². The Bertz CT molecular complexity index is 584. The van der Waals surface area contributed by atoms with Gasteiger partial charge in [-0.2, -0.15) is 0 Å². The SMILES string of the molecule is Cl.O=C(O)C1CCN(C(C(=O)NC2CC2)c2ccc(F)cc2)CC1. The summed E-state index contributed by atoms with van der Waals surface area (Å²) in [5.74, 6) is -1.52. The normalized spacial score (nSPS) is 20.0. The molecule has 1 unspecified atom stereocenters. The number of carbonyl (C=O) groups is 2. The molecule has 0 spiro atoms. The van der Waals surface area contributed by atoms with Crippen LogP contribution in [0.1, 0.15) is 37.3 Å². The van der Waals surface area contributed by atoms with Gasteiger partial charge in [0, 0.05) is 19.1 Å². The molecule has 5 nitrogen and oxygen atoms in total. The molecule has 1 aromatic carbocycles. The maximum atomic E-state index is 13.2. The maximum absolute atomic E-state index is 13.2. The molecule has 1 amide bonds. The van der Waals surface area contributed by atoms with Gasteiger partial charge in [0.1, 0.15) is 11.9 Å². The van der Waals surface area contributed by atoms with Crippen LogP contribution < -0.4 is 5.32 Å². The number of carboxylic acids is 1. The number of amides is 1. The van der Waals surface area contributed by atoms with Gasteiger partial charge in [-0.05, 0) is 43.4 Å². The second kappa shape index (κ2) is 7.94. The summed E-state index contributed by atoms with van der Waals surface area (Å²) in [7, 11) is 0. The first kappa shape index (κ1) is 18.7. The number of benzene rings is 1. The van der Waals surface area contributed by atoms with Crippen molar-refractivity contribution < 1.29 is 19.1 Å². The number of rotatable bonds is 5. The molecule has 1 saturated heterocycles. The molecule has 2 fully saturated rings. The van der Waals surface area contributed by atoms with Crippen LogP contribution in [0.5, 0.6) is 0 Å². The third-order valence-corrected chi connectivity index (χ3v) is 4.60. The monoisotopic (exact) mass is 356 g/mol. The van der Waals surface area contributed by atoms with Gasteiger partial charge in [0.25, 0.3) is 0 Å². The van der Waals surface area contributed by atoms with Gasteiger partial charge in [-0.3, -0.25) is 14.5 Å². The Morgan fingerprint density at radius 1 is 1.12 bits per heavy atom. The zero-order valence-corrected chi connectivity index (χ0v) is 14.1. The summed E-state index contributed by atoms with van der Waals surface area (Å²) in [6.45, 7) is 1.11. The first-order valence-electron chi connectivity index (χ1n) is 8.07. The zero-order chi connectivity index (χ0) is 16.4. The molecule has 1 aliphatic heterocycles. The number of nitrogens with one attached hydrogen (secondary N) is 1. The quantitative estimate of drug-likeness (QED) is 0.849. The summed E-state index contributed by atoms with van der Waals surface area (Å²) < 4.78 is 13.2. The Balaban J connectivity index is 0.00000208. The van der Waals surface area contributed by atoms with Crippen molar-refractivity contribution in [1.82, 2.24) is 10.2 Å². The van der Waals surface area contributed by atoms with E-state index < -0.39 is 12.0 Å².